The van der Waals surface area contributed by atoms with Gasteiger partial charge in [0.25, 0.3) is 0 Å². The standard InChI is InChI=1S/C28H40F2O5/c1-3-28(35-23(32)24(2,29)30)20-5-17-6-21(28)13-27(11-17,12-20)34-15-22(31)14-25-7-18-4-19(8-25)10-26(33,9-18)16-25/h17-21,33H,3-16H2,1-2H3. The molecule has 8 saturated carbocycles. The molecule has 0 aromatic rings. The third-order valence-electron chi connectivity index (χ3n) is 11.0. The van der Waals surface area contributed by atoms with Crippen molar-refractivity contribution in [2.24, 2.45) is 35.0 Å². The van der Waals surface area contributed by atoms with E-state index < -0.39 is 28.7 Å². The monoisotopic (exact) mass is 494 g/mol. The molecule has 0 amide bonds. The molecule has 4 atom stereocenters. The van der Waals surface area contributed by atoms with Crippen LogP contribution in [0.2, 0.25) is 0 Å². The first-order valence-corrected chi connectivity index (χ1v) is 13.8. The number of carbonyl (C=O) groups is 2. The minimum absolute atomic E-state index is 0.00227. The average molecular weight is 495 g/mol. The highest BCUT2D eigenvalue weighted by Crippen LogP contribution is 2.64. The topological polar surface area (TPSA) is 72.8 Å². The van der Waals surface area contributed by atoms with Gasteiger partial charge in [0.2, 0.25) is 0 Å². The van der Waals surface area contributed by atoms with Crippen LogP contribution in [0.4, 0.5) is 8.78 Å². The van der Waals surface area contributed by atoms with Crippen LogP contribution in [0.15, 0.2) is 0 Å². The van der Waals surface area contributed by atoms with Gasteiger partial charge < -0.3 is 14.6 Å². The highest BCUT2D eigenvalue weighted by molar-refractivity contribution is 5.80. The fourth-order valence-corrected chi connectivity index (χ4v) is 10.6. The number of carbonyl (C=O) groups excluding carboxylic acids is 2. The fourth-order valence-electron chi connectivity index (χ4n) is 10.6. The van der Waals surface area contributed by atoms with Crippen molar-refractivity contribution in [3.8, 4) is 0 Å². The minimum atomic E-state index is -3.50. The Balaban J connectivity index is 1.12. The Morgan fingerprint density at radius 1 is 0.943 bits per heavy atom. The van der Waals surface area contributed by atoms with Gasteiger partial charge in [0.1, 0.15) is 12.2 Å². The summed E-state index contributed by atoms with van der Waals surface area (Å²) in [5.41, 5.74) is -1.89. The summed E-state index contributed by atoms with van der Waals surface area (Å²) in [6, 6.07) is 0. The van der Waals surface area contributed by atoms with Crippen LogP contribution < -0.4 is 0 Å². The highest BCUT2D eigenvalue weighted by atomic mass is 19.3. The van der Waals surface area contributed by atoms with Crippen LogP contribution in [-0.2, 0) is 19.1 Å². The molecule has 8 aliphatic rings. The van der Waals surface area contributed by atoms with Crippen molar-refractivity contribution < 1.29 is 33.0 Å². The quantitative estimate of drug-likeness (QED) is 0.469. The summed E-state index contributed by atoms with van der Waals surface area (Å²) in [7, 11) is 0. The van der Waals surface area contributed by atoms with Crippen molar-refractivity contribution in [1.82, 2.24) is 0 Å². The minimum Gasteiger partial charge on any atom is -0.454 e. The van der Waals surface area contributed by atoms with Gasteiger partial charge in [-0.3, -0.25) is 4.79 Å². The number of Topliss-reactive ketones (excluding diaryl/α,β-unsaturated/α-hetero) is 1. The summed E-state index contributed by atoms with van der Waals surface area (Å²) in [5.74, 6) is -3.26. The molecule has 0 radical (unpaired) electrons. The van der Waals surface area contributed by atoms with E-state index in [-0.39, 0.29) is 29.6 Å². The Labute approximate surface area is 206 Å². The van der Waals surface area contributed by atoms with E-state index in [2.05, 4.69) is 0 Å². The number of aliphatic hydroxyl groups is 1. The maximum absolute atomic E-state index is 13.7. The van der Waals surface area contributed by atoms with Crippen molar-refractivity contribution in [3.63, 3.8) is 0 Å². The number of rotatable bonds is 8. The van der Waals surface area contributed by atoms with Crippen LogP contribution in [0.5, 0.6) is 0 Å². The Morgan fingerprint density at radius 3 is 2.11 bits per heavy atom. The molecule has 0 saturated heterocycles. The molecule has 35 heavy (non-hydrogen) atoms. The van der Waals surface area contributed by atoms with E-state index in [0.29, 0.717) is 50.4 Å². The summed E-state index contributed by atoms with van der Waals surface area (Å²) in [5, 5.41) is 11.0. The van der Waals surface area contributed by atoms with Gasteiger partial charge in [0.15, 0.2) is 5.78 Å². The third-order valence-corrected chi connectivity index (χ3v) is 11.0. The lowest BCUT2D eigenvalue weighted by Gasteiger charge is -2.64. The third kappa shape index (κ3) is 3.98. The van der Waals surface area contributed by atoms with E-state index in [1.807, 2.05) is 6.92 Å². The molecule has 0 aromatic carbocycles. The van der Waals surface area contributed by atoms with Crippen LogP contribution in [-0.4, -0.2) is 46.2 Å². The Morgan fingerprint density at radius 2 is 1.57 bits per heavy atom. The average Bonchev–Trinajstić information content (AvgIpc) is 2.71. The van der Waals surface area contributed by atoms with Gasteiger partial charge in [-0.15, -0.1) is 0 Å². The van der Waals surface area contributed by atoms with Gasteiger partial charge >= 0.3 is 11.9 Å². The van der Waals surface area contributed by atoms with Crippen molar-refractivity contribution in [3.05, 3.63) is 0 Å². The van der Waals surface area contributed by atoms with E-state index in [0.717, 1.165) is 51.4 Å². The first kappa shape index (κ1) is 24.3. The first-order chi connectivity index (χ1) is 16.4. The summed E-state index contributed by atoms with van der Waals surface area (Å²) in [4.78, 5) is 25.4. The van der Waals surface area contributed by atoms with Crippen molar-refractivity contribution in [1.29, 1.82) is 0 Å². The first-order valence-electron chi connectivity index (χ1n) is 13.8. The summed E-state index contributed by atoms with van der Waals surface area (Å²) >= 11 is 0. The molecule has 4 unspecified atom stereocenters. The number of halogens is 2. The predicted molar refractivity (Wildman–Crippen MR) is 124 cm³/mol. The lowest BCUT2D eigenvalue weighted by molar-refractivity contribution is -0.260. The maximum Gasteiger partial charge on any atom is 0.377 e. The molecule has 0 spiro atoms. The highest BCUT2D eigenvalue weighted by Gasteiger charge is 2.65. The molecular formula is C28H40F2O5. The van der Waals surface area contributed by atoms with E-state index in [9.17, 15) is 23.5 Å². The number of hydrogen-bond donors (Lipinski definition) is 1. The second-order valence-corrected chi connectivity index (χ2v) is 13.8. The number of ketones is 1. The predicted octanol–water partition coefficient (Wildman–Crippen LogP) is 5.22. The number of alkyl halides is 2. The van der Waals surface area contributed by atoms with Gasteiger partial charge in [0.05, 0.1) is 11.2 Å². The molecule has 8 rings (SSSR count). The Bertz CT molecular complexity index is 880. The molecule has 196 valence electrons. The zero-order chi connectivity index (χ0) is 24.9. The fraction of sp³-hybridized carbons (Fsp3) is 0.929. The van der Waals surface area contributed by atoms with Crippen LogP contribution in [0.3, 0.4) is 0 Å². The molecule has 8 bridgehead atoms. The van der Waals surface area contributed by atoms with Gasteiger partial charge in [-0.25, -0.2) is 4.79 Å². The number of esters is 1. The molecule has 0 aliphatic heterocycles. The van der Waals surface area contributed by atoms with Crippen LogP contribution in [0, 0.1) is 35.0 Å². The van der Waals surface area contributed by atoms with Crippen molar-refractivity contribution in [2.45, 2.75) is 120 Å². The zero-order valence-corrected chi connectivity index (χ0v) is 21.1. The van der Waals surface area contributed by atoms with Gasteiger partial charge in [0, 0.05) is 25.2 Å². The zero-order valence-electron chi connectivity index (χ0n) is 21.1. The maximum atomic E-state index is 13.7. The molecule has 5 nitrogen and oxygen atoms in total. The van der Waals surface area contributed by atoms with Crippen molar-refractivity contribution in [2.75, 3.05) is 6.61 Å². The van der Waals surface area contributed by atoms with E-state index in [1.54, 1.807) is 0 Å². The van der Waals surface area contributed by atoms with E-state index in [4.69, 9.17) is 9.47 Å². The molecule has 0 aromatic heterocycles. The smallest absolute Gasteiger partial charge is 0.377 e. The second kappa shape index (κ2) is 7.72. The largest absolute Gasteiger partial charge is 0.454 e. The summed E-state index contributed by atoms with van der Waals surface area (Å²) < 4.78 is 39.5. The second-order valence-electron chi connectivity index (χ2n) is 13.8. The molecule has 1 N–H and O–H groups in total. The summed E-state index contributed by atoms with van der Waals surface area (Å²) in [6.07, 6.45) is 10.9. The van der Waals surface area contributed by atoms with Crippen molar-refractivity contribution >= 4 is 11.8 Å². The Kier molecular flexibility index (Phi) is 5.35. The molecular weight excluding hydrogens is 454 g/mol. The normalized spacial score (nSPS) is 49.5. The van der Waals surface area contributed by atoms with E-state index in [1.165, 1.54) is 6.42 Å². The molecule has 0 heterocycles. The van der Waals surface area contributed by atoms with Gasteiger partial charge in [-0.2, -0.15) is 8.78 Å². The van der Waals surface area contributed by atoms with Crippen LogP contribution in [0.1, 0.15) is 97.3 Å². The number of hydrogen-bond acceptors (Lipinski definition) is 5. The van der Waals surface area contributed by atoms with Gasteiger partial charge in [-0.1, -0.05) is 6.92 Å². The molecule has 8 aliphatic carbocycles. The lowest BCUT2D eigenvalue weighted by Crippen LogP contribution is -2.66. The molecule has 8 fully saturated rings. The van der Waals surface area contributed by atoms with Gasteiger partial charge in [-0.05, 0) is 100 Å². The number of ether oxygens (including phenoxy) is 2. The molecule has 7 heteroatoms. The Hall–Kier alpha value is -1.08. The van der Waals surface area contributed by atoms with E-state index >= 15 is 0 Å². The lowest BCUT2D eigenvalue weighted by atomic mass is 9.47. The SMILES string of the molecule is CCC1(OC(=O)C(C)(F)F)C2CC3CC1CC(OCC(=O)CC14CC5CC(CC(O)(C5)C1)C4)(C3)C2. The van der Waals surface area contributed by atoms with Crippen LogP contribution >= 0.6 is 0 Å². The van der Waals surface area contributed by atoms with Crippen LogP contribution in [0.25, 0.3) is 0 Å². The summed E-state index contributed by atoms with van der Waals surface area (Å²) in [6.45, 7) is 2.63.